The molecule has 0 fully saturated rings. The molecule has 0 aliphatic carbocycles. The summed E-state index contributed by atoms with van der Waals surface area (Å²) in [4.78, 5) is 0. The Balaban J connectivity index is 3.08. The average Bonchev–Trinajstić information content (AvgIpc) is 2.11. The van der Waals surface area contributed by atoms with Crippen molar-refractivity contribution in [1.29, 1.82) is 0 Å². The van der Waals surface area contributed by atoms with Crippen molar-refractivity contribution >= 4 is 27.5 Å². The lowest BCUT2D eigenvalue weighted by Crippen LogP contribution is -2.31. The van der Waals surface area contributed by atoms with Crippen LogP contribution in [0.4, 0.5) is 0 Å². The van der Waals surface area contributed by atoms with Crippen LogP contribution in [0, 0.1) is 5.92 Å². The number of rotatable bonds is 3. The molecule has 0 aliphatic heterocycles. The SMILES string of the molecule is CC(C)C(NN)c1cc(Br)ccc1Cl. The number of benzene rings is 1. The summed E-state index contributed by atoms with van der Waals surface area (Å²) in [5.74, 6) is 5.90. The van der Waals surface area contributed by atoms with Crippen LogP contribution in [0.1, 0.15) is 25.5 Å². The summed E-state index contributed by atoms with van der Waals surface area (Å²) < 4.78 is 1.01. The van der Waals surface area contributed by atoms with Crippen molar-refractivity contribution in [2.45, 2.75) is 19.9 Å². The van der Waals surface area contributed by atoms with Gasteiger partial charge in [0.05, 0.1) is 0 Å². The summed E-state index contributed by atoms with van der Waals surface area (Å²) in [5.41, 5.74) is 3.81. The second kappa shape index (κ2) is 5.12. The van der Waals surface area contributed by atoms with Crippen LogP contribution in [0.15, 0.2) is 22.7 Å². The van der Waals surface area contributed by atoms with E-state index >= 15 is 0 Å². The van der Waals surface area contributed by atoms with Gasteiger partial charge in [0.25, 0.3) is 0 Å². The normalized spacial score (nSPS) is 13.3. The molecule has 4 heteroatoms. The Hall–Kier alpha value is -0.0900. The number of nitrogens with one attached hydrogen (secondary N) is 1. The first kappa shape index (κ1) is 12.0. The van der Waals surface area contributed by atoms with E-state index in [2.05, 4.69) is 35.2 Å². The van der Waals surface area contributed by atoms with E-state index in [1.165, 1.54) is 0 Å². The van der Waals surface area contributed by atoms with E-state index in [1.807, 2.05) is 18.2 Å². The summed E-state index contributed by atoms with van der Waals surface area (Å²) in [7, 11) is 0. The van der Waals surface area contributed by atoms with Gasteiger partial charge in [-0.1, -0.05) is 41.4 Å². The Morgan fingerprint density at radius 3 is 2.57 bits per heavy atom. The van der Waals surface area contributed by atoms with Crippen LogP contribution >= 0.6 is 27.5 Å². The molecule has 0 bridgehead atoms. The topological polar surface area (TPSA) is 38.0 Å². The average molecular weight is 278 g/mol. The molecule has 0 saturated heterocycles. The fraction of sp³-hybridized carbons (Fsp3) is 0.400. The maximum Gasteiger partial charge on any atom is 0.0498 e. The molecule has 14 heavy (non-hydrogen) atoms. The van der Waals surface area contributed by atoms with Gasteiger partial charge in [-0.3, -0.25) is 11.3 Å². The van der Waals surface area contributed by atoms with Crippen LogP contribution in [0.5, 0.6) is 0 Å². The minimum Gasteiger partial charge on any atom is -0.271 e. The quantitative estimate of drug-likeness (QED) is 0.657. The summed E-state index contributed by atoms with van der Waals surface area (Å²) in [6, 6.07) is 5.86. The van der Waals surface area contributed by atoms with Crippen LogP contribution in [-0.4, -0.2) is 0 Å². The van der Waals surface area contributed by atoms with Crippen molar-refractivity contribution in [3.05, 3.63) is 33.3 Å². The Labute approximate surface area is 97.9 Å². The fourth-order valence-corrected chi connectivity index (χ4v) is 2.01. The van der Waals surface area contributed by atoms with Gasteiger partial charge in [0, 0.05) is 15.5 Å². The highest BCUT2D eigenvalue weighted by atomic mass is 79.9. The highest BCUT2D eigenvalue weighted by molar-refractivity contribution is 9.10. The molecule has 2 nitrogen and oxygen atoms in total. The Morgan fingerprint density at radius 1 is 1.43 bits per heavy atom. The molecule has 0 amide bonds. The monoisotopic (exact) mass is 276 g/mol. The number of nitrogens with two attached hydrogens (primary N) is 1. The molecule has 0 spiro atoms. The van der Waals surface area contributed by atoms with Crippen molar-refractivity contribution < 1.29 is 0 Å². The van der Waals surface area contributed by atoms with Gasteiger partial charge in [-0.05, 0) is 29.7 Å². The first-order valence-electron chi connectivity index (χ1n) is 4.47. The van der Waals surface area contributed by atoms with Crippen LogP contribution in [0.3, 0.4) is 0 Å². The number of hydrogen-bond donors (Lipinski definition) is 2. The van der Waals surface area contributed by atoms with E-state index in [0.29, 0.717) is 5.92 Å². The third-order valence-electron chi connectivity index (χ3n) is 2.14. The smallest absolute Gasteiger partial charge is 0.0498 e. The molecule has 1 unspecified atom stereocenters. The van der Waals surface area contributed by atoms with Gasteiger partial charge in [-0.15, -0.1) is 0 Å². The fourth-order valence-electron chi connectivity index (χ4n) is 1.39. The van der Waals surface area contributed by atoms with Crippen LogP contribution in [-0.2, 0) is 0 Å². The highest BCUT2D eigenvalue weighted by Crippen LogP contribution is 2.30. The molecule has 78 valence electrons. The number of halogens is 2. The van der Waals surface area contributed by atoms with Crippen molar-refractivity contribution in [1.82, 2.24) is 5.43 Å². The first-order chi connectivity index (χ1) is 6.56. The zero-order valence-electron chi connectivity index (χ0n) is 8.22. The summed E-state index contributed by atoms with van der Waals surface area (Å²) in [6.07, 6.45) is 0. The van der Waals surface area contributed by atoms with E-state index in [0.717, 1.165) is 15.1 Å². The molecule has 0 aliphatic rings. The standard InChI is InChI=1S/C10H14BrClN2/c1-6(2)10(14-13)8-5-7(11)3-4-9(8)12/h3-6,10,14H,13H2,1-2H3. The molecule has 0 radical (unpaired) electrons. The third kappa shape index (κ3) is 2.70. The minimum atomic E-state index is 0.0833. The lowest BCUT2D eigenvalue weighted by atomic mass is 9.97. The van der Waals surface area contributed by atoms with Gasteiger partial charge in [0.15, 0.2) is 0 Å². The minimum absolute atomic E-state index is 0.0833. The molecule has 1 aromatic carbocycles. The van der Waals surface area contributed by atoms with Crippen LogP contribution < -0.4 is 11.3 Å². The second-order valence-corrected chi connectivity index (χ2v) is 4.88. The van der Waals surface area contributed by atoms with Gasteiger partial charge in [-0.25, -0.2) is 0 Å². The molecule has 0 heterocycles. The van der Waals surface area contributed by atoms with Gasteiger partial charge in [0.1, 0.15) is 0 Å². The van der Waals surface area contributed by atoms with Crippen LogP contribution in [0.25, 0.3) is 0 Å². The molecule has 1 rings (SSSR count). The van der Waals surface area contributed by atoms with Crippen molar-refractivity contribution in [3.63, 3.8) is 0 Å². The molecule has 0 saturated carbocycles. The maximum atomic E-state index is 6.10. The lowest BCUT2D eigenvalue weighted by Gasteiger charge is -2.21. The van der Waals surface area contributed by atoms with E-state index in [1.54, 1.807) is 0 Å². The molecule has 1 atom stereocenters. The van der Waals surface area contributed by atoms with Gasteiger partial charge in [0.2, 0.25) is 0 Å². The van der Waals surface area contributed by atoms with E-state index < -0.39 is 0 Å². The molecule has 0 aromatic heterocycles. The third-order valence-corrected chi connectivity index (χ3v) is 2.98. The van der Waals surface area contributed by atoms with E-state index in [4.69, 9.17) is 17.4 Å². The molecular weight excluding hydrogens is 263 g/mol. The number of hydrogen-bond acceptors (Lipinski definition) is 2. The largest absolute Gasteiger partial charge is 0.271 e. The summed E-state index contributed by atoms with van der Waals surface area (Å²) in [6.45, 7) is 4.20. The molecular formula is C10H14BrClN2. The first-order valence-corrected chi connectivity index (χ1v) is 5.64. The van der Waals surface area contributed by atoms with Gasteiger partial charge >= 0.3 is 0 Å². The van der Waals surface area contributed by atoms with Crippen molar-refractivity contribution in [2.75, 3.05) is 0 Å². The Morgan fingerprint density at radius 2 is 2.07 bits per heavy atom. The predicted octanol–water partition coefficient (Wildman–Crippen LogP) is 3.26. The number of hydrazine groups is 1. The highest BCUT2D eigenvalue weighted by Gasteiger charge is 2.16. The van der Waals surface area contributed by atoms with Crippen molar-refractivity contribution in [3.8, 4) is 0 Å². The maximum absolute atomic E-state index is 6.10. The molecule has 3 N–H and O–H groups in total. The van der Waals surface area contributed by atoms with Crippen LogP contribution in [0.2, 0.25) is 5.02 Å². The van der Waals surface area contributed by atoms with Crippen molar-refractivity contribution in [2.24, 2.45) is 11.8 Å². The van der Waals surface area contributed by atoms with E-state index in [9.17, 15) is 0 Å². The van der Waals surface area contributed by atoms with Gasteiger partial charge < -0.3 is 0 Å². The summed E-state index contributed by atoms with van der Waals surface area (Å²) >= 11 is 9.51. The zero-order valence-corrected chi connectivity index (χ0v) is 10.6. The predicted molar refractivity (Wildman–Crippen MR) is 64.1 cm³/mol. The van der Waals surface area contributed by atoms with Gasteiger partial charge in [-0.2, -0.15) is 0 Å². The lowest BCUT2D eigenvalue weighted by molar-refractivity contribution is 0.421. The zero-order chi connectivity index (χ0) is 10.7. The Bertz CT molecular complexity index is 315. The second-order valence-electron chi connectivity index (χ2n) is 3.55. The Kier molecular flexibility index (Phi) is 4.38. The van der Waals surface area contributed by atoms with E-state index in [-0.39, 0.29) is 6.04 Å². The summed E-state index contributed by atoms with van der Waals surface area (Å²) in [5, 5.41) is 0.741. The molecule has 1 aromatic rings.